The van der Waals surface area contributed by atoms with Gasteiger partial charge in [0.25, 0.3) is 0 Å². The maximum Gasteiger partial charge on any atom is 0.322 e. The van der Waals surface area contributed by atoms with Gasteiger partial charge in [0.1, 0.15) is 16.5 Å². The summed E-state index contributed by atoms with van der Waals surface area (Å²) in [5.41, 5.74) is 2.61. The van der Waals surface area contributed by atoms with Crippen LogP contribution in [-0.4, -0.2) is 60.6 Å². The van der Waals surface area contributed by atoms with Crippen LogP contribution in [0.15, 0.2) is 54.6 Å². The van der Waals surface area contributed by atoms with Gasteiger partial charge in [0, 0.05) is 37.9 Å². The highest BCUT2D eigenvalue weighted by Gasteiger charge is 2.28. The summed E-state index contributed by atoms with van der Waals surface area (Å²) in [5, 5.41) is 3.84. The van der Waals surface area contributed by atoms with Crippen molar-refractivity contribution in [2.24, 2.45) is 0 Å². The molecule has 0 unspecified atom stereocenters. The van der Waals surface area contributed by atoms with Crippen LogP contribution in [0.2, 0.25) is 0 Å². The summed E-state index contributed by atoms with van der Waals surface area (Å²) in [7, 11) is -3.31. The number of nitrogens with zero attached hydrogens (tertiary/aromatic N) is 3. The minimum atomic E-state index is -3.31. The molecule has 4 rings (SSSR count). The van der Waals surface area contributed by atoms with Gasteiger partial charge >= 0.3 is 6.03 Å². The first kappa shape index (κ1) is 28.8. The number of carbonyl (C=O) groups excluding carboxylic acids is 1. The topological polar surface area (TPSA) is 104 Å². The zero-order valence-electron chi connectivity index (χ0n) is 22.7. The molecule has 1 fully saturated rings. The Balaban J connectivity index is 1.27. The molecule has 1 aromatic heterocycles. The number of aryl methyl sites for hydroxylation is 1. The normalized spacial score (nSPS) is 14.6. The molecule has 0 spiro atoms. The van der Waals surface area contributed by atoms with E-state index in [4.69, 9.17) is 4.74 Å². The molecule has 1 saturated heterocycles. The highest BCUT2D eigenvalue weighted by atomic mass is 32.2. The molecule has 39 heavy (non-hydrogen) atoms. The number of carbonyl (C=O) groups is 1. The van der Waals surface area contributed by atoms with E-state index in [1.807, 2.05) is 30.0 Å². The Bertz CT molecular complexity index is 1320. The van der Waals surface area contributed by atoms with Crippen molar-refractivity contribution in [3.8, 4) is 11.5 Å². The molecule has 1 aliphatic rings. The first-order valence-corrected chi connectivity index (χ1v) is 15.9. The quantitative estimate of drug-likeness (QED) is 0.296. The number of sulfonamides is 1. The van der Waals surface area contributed by atoms with E-state index in [9.17, 15) is 13.2 Å². The molecule has 210 valence electrons. The van der Waals surface area contributed by atoms with E-state index < -0.39 is 10.0 Å². The van der Waals surface area contributed by atoms with Crippen molar-refractivity contribution in [1.29, 1.82) is 0 Å². The van der Waals surface area contributed by atoms with Crippen molar-refractivity contribution in [3.05, 3.63) is 65.9 Å². The molecule has 2 amide bonds. The Labute approximate surface area is 235 Å². The van der Waals surface area contributed by atoms with Crippen LogP contribution >= 0.6 is 11.5 Å². The van der Waals surface area contributed by atoms with E-state index >= 15 is 0 Å². The maximum atomic E-state index is 13.1. The van der Waals surface area contributed by atoms with Crippen LogP contribution in [0.25, 0.3) is 0 Å². The van der Waals surface area contributed by atoms with Crippen LogP contribution in [0.1, 0.15) is 43.9 Å². The minimum absolute atomic E-state index is 0.0255. The van der Waals surface area contributed by atoms with Gasteiger partial charge < -0.3 is 9.64 Å². The molecule has 0 atom stereocenters. The highest BCUT2D eigenvalue weighted by Crippen LogP contribution is 2.25. The van der Waals surface area contributed by atoms with Crippen molar-refractivity contribution in [2.75, 3.05) is 35.9 Å². The molecule has 0 aliphatic carbocycles. The van der Waals surface area contributed by atoms with Gasteiger partial charge in [-0.05, 0) is 85.7 Å². The van der Waals surface area contributed by atoms with Gasteiger partial charge in [-0.15, -0.1) is 0 Å². The van der Waals surface area contributed by atoms with Crippen LogP contribution < -0.4 is 14.8 Å². The number of ether oxygens (including phenoxy) is 1. The lowest BCUT2D eigenvalue weighted by molar-refractivity contribution is 0.122. The van der Waals surface area contributed by atoms with Gasteiger partial charge in [-0.25, -0.2) is 13.2 Å². The van der Waals surface area contributed by atoms with Gasteiger partial charge in [0.2, 0.25) is 10.0 Å². The van der Waals surface area contributed by atoms with E-state index in [0.29, 0.717) is 11.4 Å². The van der Waals surface area contributed by atoms with E-state index in [0.717, 1.165) is 74.6 Å². The number of benzene rings is 2. The molecule has 3 aromatic rings. The van der Waals surface area contributed by atoms with Crippen molar-refractivity contribution < 1.29 is 17.9 Å². The van der Waals surface area contributed by atoms with Gasteiger partial charge in [0.15, 0.2) is 0 Å². The number of anilines is 2. The lowest BCUT2D eigenvalue weighted by Crippen LogP contribution is -2.49. The van der Waals surface area contributed by atoms with Gasteiger partial charge in [-0.2, -0.15) is 4.37 Å². The molecule has 9 nitrogen and oxygen atoms in total. The molecule has 11 heteroatoms. The predicted molar refractivity (Wildman–Crippen MR) is 157 cm³/mol. The van der Waals surface area contributed by atoms with E-state index in [1.165, 1.54) is 17.1 Å². The standard InChI is InChI=1S/C28H37N5O4S2/c1-4-5-16-33(28(34)29-27-19-21(2)30-38-27)24-14-17-32(18-15-24)20-22-6-10-25(11-7-22)37-26-12-8-23(9-13-26)31-39(3,35)36/h6-13,19,24,31H,4-5,14-18,20H2,1-3H3,(H,29,34). The summed E-state index contributed by atoms with van der Waals surface area (Å²) in [5.74, 6) is 1.35. The molecule has 2 aromatic carbocycles. The number of urea groups is 1. The van der Waals surface area contributed by atoms with Crippen LogP contribution in [0, 0.1) is 6.92 Å². The van der Waals surface area contributed by atoms with Crippen LogP contribution in [0.3, 0.4) is 0 Å². The van der Waals surface area contributed by atoms with E-state index in [2.05, 4.69) is 38.4 Å². The summed E-state index contributed by atoms with van der Waals surface area (Å²) in [6.45, 7) is 7.57. The highest BCUT2D eigenvalue weighted by molar-refractivity contribution is 7.92. The largest absolute Gasteiger partial charge is 0.457 e. The molecule has 0 saturated carbocycles. The fraction of sp³-hybridized carbons (Fsp3) is 0.429. The van der Waals surface area contributed by atoms with Crippen LogP contribution in [0.5, 0.6) is 11.5 Å². The zero-order chi connectivity index (χ0) is 27.8. The Kier molecular flexibility index (Phi) is 9.82. The fourth-order valence-corrected chi connectivity index (χ4v) is 5.84. The number of unbranched alkanes of at least 4 members (excludes halogenated alkanes) is 1. The minimum Gasteiger partial charge on any atom is -0.457 e. The van der Waals surface area contributed by atoms with E-state index in [-0.39, 0.29) is 12.1 Å². The fourth-order valence-electron chi connectivity index (χ4n) is 4.63. The number of aromatic nitrogens is 1. The number of piperidine rings is 1. The molecular weight excluding hydrogens is 534 g/mol. The summed E-state index contributed by atoms with van der Waals surface area (Å²) < 4.78 is 35.3. The SMILES string of the molecule is CCCCN(C(=O)Nc1cc(C)ns1)C1CCN(Cc2ccc(Oc3ccc(NS(C)(=O)=O)cc3)cc2)CC1. The summed E-state index contributed by atoms with van der Waals surface area (Å²) >= 11 is 1.32. The van der Waals surface area contributed by atoms with Gasteiger partial charge in [0.05, 0.1) is 11.9 Å². The van der Waals surface area contributed by atoms with E-state index in [1.54, 1.807) is 24.3 Å². The zero-order valence-corrected chi connectivity index (χ0v) is 24.4. The summed E-state index contributed by atoms with van der Waals surface area (Å²) in [6.07, 6.45) is 5.06. The van der Waals surface area contributed by atoms with Gasteiger partial charge in [-0.3, -0.25) is 14.9 Å². The number of hydrogen-bond acceptors (Lipinski definition) is 7. The van der Waals surface area contributed by atoms with Crippen LogP contribution in [0.4, 0.5) is 15.5 Å². The third-order valence-electron chi connectivity index (χ3n) is 6.59. The first-order valence-electron chi connectivity index (χ1n) is 13.3. The summed E-state index contributed by atoms with van der Waals surface area (Å²) in [4.78, 5) is 17.5. The maximum absolute atomic E-state index is 13.1. The molecule has 1 aliphatic heterocycles. The number of nitrogens with one attached hydrogen (secondary N) is 2. The van der Waals surface area contributed by atoms with Crippen molar-refractivity contribution >= 4 is 38.3 Å². The Morgan fingerprint density at radius 3 is 2.31 bits per heavy atom. The molecule has 2 N–H and O–H groups in total. The first-order chi connectivity index (χ1) is 18.7. The third-order valence-corrected chi connectivity index (χ3v) is 7.99. The number of hydrogen-bond donors (Lipinski definition) is 2. The van der Waals surface area contributed by atoms with Crippen molar-refractivity contribution in [2.45, 2.75) is 52.1 Å². The number of rotatable bonds is 11. The molecule has 0 bridgehead atoms. The second-order valence-electron chi connectivity index (χ2n) is 9.96. The number of likely N-dealkylation sites (tertiary alicyclic amines) is 1. The van der Waals surface area contributed by atoms with Crippen molar-refractivity contribution in [3.63, 3.8) is 0 Å². The average molecular weight is 572 g/mol. The van der Waals surface area contributed by atoms with Gasteiger partial charge in [-0.1, -0.05) is 25.5 Å². The second-order valence-corrected chi connectivity index (χ2v) is 12.5. The lowest BCUT2D eigenvalue weighted by atomic mass is 10.0. The average Bonchev–Trinajstić information content (AvgIpc) is 3.31. The van der Waals surface area contributed by atoms with Crippen molar-refractivity contribution in [1.82, 2.24) is 14.2 Å². The monoisotopic (exact) mass is 571 g/mol. The summed E-state index contributed by atoms with van der Waals surface area (Å²) in [6, 6.07) is 16.9. The Morgan fingerprint density at radius 1 is 1.10 bits per heavy atom. The number of amides is 2. The van der Waals surface area contributed by atoms with Crippen LogP contribution in [-0.2, 0) is 16.6 Å². The second kappa shape index (κ2) is 13.3. The predicted octanol–water partition coefficient (Wildman–Crippen LogP) is 5.91. The Hall–Kier alpha value is -3.15. The molecule has 0 radical (unpaired) electrons. The third kappa shape index (κ3) is 8.94. The Morgan fingerprint density at radius 2 is 1.74 bits per heavy atom. The molecule has 2 heterocycles. The lowest BCUT2D eigenvalue weighted by Gasteiger charge is -2.38. The smallest absolute Gasteiger partial charge is 0.322 e. The molecular formula is C28H37N5O4S2.